The summed E-state index contributed by atoms with van der Waals surface area (Å²) >= 11 is 0. The van der Waals surface area contributed by atoms with Gasteiger partial charge in [0, 0.05) is 25.6 Å². The molecule has 1 saturated carbocycles. The summed E-state index contributed by atoms with van der Waals surface area (Å²) in [5.41, 5.74) is 3.06. The SMILES string of the molecule is CCC(C)C[C@]1(C)CN(Cc2ccccc2)C[C@H]1c1ccc(OC)c(OC2CCCC2)c1. The average molecular weight is 436 g/mol. The Morgan fingerprint density at radius 3 is 2.50 bits per heavy atom. The fraction of sp³-hybridized carbons (Fsp3) is 0.586. The largest absolute Gasteiger partial charge is 0.493 e. The highest BCUT2D eigenvalue weighted by Crippen LogP contribution is 2.49. The molecule has 1 aliphatic carbocycles. The number of ether oxygens (including phenoxy) is 2. The Kier molecular flexibility index (Phi) is 7.45. The number of hydrogen-bond donors (Lipinski definition) is 0. The number of benzene rings is 2. The third-order valence-electron chi connectivity index (χ3n) is 7.81. The minimum Gasteiger partial charge on any atom is -0.493 e. The van der Waals surface area contributed by atoms with E-state index in [2.05, 4.69) is 74.2 Å². The van der Waals surface area contributed by atoms with Gasteiger partial charge in [-0.1, -0.05) is 63.6 Å². The van der Waals surface area contributed by atoms with Crippen LogP contribution in [0.4, 0.5) is 0 Å². The van der Waals surface area contributed by atoms with Crippen LogP contribution in [0.5, 0.6) is 11.5 Å². The molecule has 3 heteroatoms. The van der Waals surface area contributed by atoms with E-state index in [0.717, 1.165) is 49.9 Å². The first-order chi connectivity index (χ1) is 15.5. The zero-order valence-corrected chi connectivity index (χ0v) is 20.5. The molecule has 1 heterocycles. The molecule has 174 valence electrons. The van der Waals surface area contributed by atoms with Gasteiger partial charge in [-0.3, -0.25) is 4.90 Å². The number of methoxy groups -OCH3 is 1. The summed E-state index contributed by atoms with van der Waals surface area (Å²) in [7, 11) is 1.75. The van der Waals surface area contributed by atoms with Crippen molar-refractivity contribution in [2.45, 2.75) is 77.9 Å². The Morgan fingerprint density at radius 2 is 1.81 bits per heavy atom. The maximum Gasteiger partial charge on any atom is 0.161 e. The predicted molar refractivity (Wildman–Crippen MR) is 133 cm³/mol. The molecule has 0 aromatic heterocycles. The van der Waals surface area contributed by atoms with Crippen LogP contribution in [-0.2, 0) is 6.54 Å². The van der Waals surface area contributed by atoms with Crippen molar-refractivity contribution in [2.75, 3.05) is 20.2 Å². The quantitative estimate of drug-likeness (QED) is 0.421. The maximum absolute atomic E-state index is 6.45. The van der Waals surface area contributed by atoms with Crippen LogP contribution in [0.25, 0.3) is 0 Å². The van der Waals surface area contributed by atoms with Crippen LogP contribution >= 0.6 is 0 Å². The smallest absolute Gasteiger partial charge is 0.161 e. The van der Waals surface area contributed by atoms with E-state index in [0.29, 0.717) is 12.0 Å². The van der Waals surface area contributed by atoms with Gasteiger partial charge in [0.05, 0.1) is 13.2 Å². The Labute approximate surface area is 195 Å². The average Bonchev–Trinajstić information content (AvgIpc) is 3.41. The van der Waals surface area contributed by atoms with Crippen molar-refractivity contribution in [3.63, 3.8) is 0 Å². The lowest BCUT2D eigenvalue weighted by Crippen LogP contribution is -2.28. The topological polar surface area (TPSA) is 21.7 Å². The van der Waals surface area contributed by atoms with E-state index in [9.17, 15) is 0 Å². The third kappa shape index (κ3) is 5.31. The van der Waals surface area contributed by atoms with E-state index >= 15 is 0 Å². The van der Waals surface area contributed by atoms with Gasteiger partial charge in [-0.2, -0.15) is 0 Å². The van der Waals surface area contributed by atoms with Gasteiger partial charge < -0.3 is 9.47 Å². The summed E-state index contributed by atoms with van der Waals surface area (Å²) in [6.45, 7) is 10.5. The number of likely N-dealkylation sites (tertiary alicyclic amines) is 1. The van der Waals surface area contributed by atoms with Crippen molar-refractivity contribution < 1.29 is 9.47 Å². The molecule has 1 saturated heterocycles. The Morgan fingerprint density at radius 1 is 1.06 bits per heavy atom. The molecule has 2 fully saturated rings. The highest BCUT2D eigenvalue weighted by Gasteiger charge is 2.44. The van der Waals surface area contributed by atoms with E-state index in [1.807, 2.05) is 0 Å². The lowest BCUT2D eigenvalue weighted by molar-refractivity contribution is 0.199. The van der Waals surface area contributed by atoms with Crippen LogP contribution in [0.15, 0.2) is 48.5 Å². The molecule has 0 radical (unpaired) electrons. The van der Waals surface area contributed by atoms with Crippen molar-refractivity contribution in [2.24, 2.45) is 11.3 Å². The summed E-state index contributed by atoms with van der Waals surface area (Å²) in [6.07, 6.45) is 7.70. The maximum atomic E-state index is 6.45. The van der Waals surface area contributed by atoms with Crippen LogP contribution in [0.3, 0.4) is 0 Å². The summed E-state index contributed by atoms with van der Waals surface area (Å²) in [6, 6.07) is 17.6. The monoisotopic (exact) mass is 435 g/mol. The molecular weight excluding hydrogens is 394 g/mol. The predicted octanol–water partition coefficient (Wildman–Crippen LogP) is 7.06. The Balaban J connectivity index is 1.60. The van der Waals surface area contributed by atoms with Gasteiger partial charge in [0.2, 0.25) is 0 Å². The van der Waals surface area contributed by atoms with Crippen LogP contribution in [-0.4, -0.2) is 31.2 Å². The molecule has 3 atom stereocenters. The first-order valence-electron chi connectivity index (χ1n) is 12.6. The molecule has 0 N–H and O–H groups in total. The van der Waals surface area contributed by atoms with Crippen molar-refractivity contribution in [3.8, 4) is 11.5 Å². The normalized spacial score (nSPS) is 25.2. The van der Waals surface area contributed by atoms with Crippen molar-refractivity contribution in [1.29, 1.82) is 0 Å². The van der Waals surface area contributed by atoms with Crippen molar-refractivity contribution in [3.05, 3.63) is 59.7 Å². The highest BCUT2D eigenvalue weighted by atomic mass is 16.5. The fourth-order valence-electron chi connectivity index (χ4n) is 5.97. The van der Waals surface area contributed by atoms with E-state index in [-0.39, 0.29) is 5.41 Å². The molecule has 1 unspecified atom stereocenters. The standard InChI is InChI=1S/C29H41NO2/c1-5-22(2)18-29(3)21-30(19-23-11-7-6-8-12-23)20-26(29)24-15-16-27(31-4)28(17-24)32-25-13-9-10-14-25/h6-8,11-12,15-17,22,25-26H,5,9-10,13-14,18-21H2,1-4H3/t22?,26-,29+/m0/s1. The molecule has 0 amide bonds. The summed E-state index contributed by atoms with van der Waals surface area (Å²) in [5, 5.41) is 0. The van der Waals surface area contributed by atoms with Gasteiger partial charge in [-0.05, 0) is 66.7 Å². The molecule has 2 aromatic rings. The number of nitrogens with zero attached hydrogens (tertiary/aromatic N) is 1. The zero-order valence-electron chi connectivity index (χ0n) is 20.5. The van der Waals surface area contributed by atoms with E-state index in [1.54, 1.807) is 7.11 Å². The molecule has 2 aliphatic rings. The van der Waals surface area contributed by atoms with Crippen LogP contribution in [0.1, 0.15) is 76.3 Å². The second kappa shape index (κ2) is 10.3. The van der Waals surface area contributed by atoms with Crippen molar-refractivity contribution in [1.82, 2.24) is 4.90 Å². The first kappa shape index (κ1) is 23.2. The van der Waals surface area contributed by atoms with Gasteiger partial charge in [-0.15, -0.1) is 0 Å². The van der Waals surface area contributed by atoms with Gasteiger partial charge >= 0.3 is 0 Å². The number of hydrogen-bond acceptors (Lipinski definition) is 3. The first-order valence-corrected chi connectivity index (χ1v) is 12.6. The van der Waals surface area contributed by atoms with Gasteiger partial charge in [0.1, 0.15) is 0 Å². The second-order valence-corrected chi connectivity index (χ2v) is 10.5. The second-order valence-electron chi connectivity index (χ2n) is 10.5. The molecule has 0 spiro atoms. The zero-order chi connectivity index (χ0) is 22.6. The third-order valence-corrected chi connectivity index (χ3v) is 7.81. The van der Waals surface area contributed by atoms with Crippen LogP contribution < -0.4 is 9.47 Å². The molecule has 32 heavy (non-hydrogen) atoms. The lowest BCUT2D eigenvalue weighted by atomic mass is 9.70. The lowest BCUT2D eigenvalue weighted by Gasteiger charge is -2.34. The Bertz CT molecular complexity index is 861. The summed E-state index contributed by atoms with van der Waals surface area (Å²) < 4.78 is 12.1. The van der Waals surface area contributed by atoms with Crippen LogP contribution in [0.2, 0.25) is 0 Å². The molecular formula is C29H41NO2. The van der Waals surface area contributed by atoms with Crippen LogP contribution in [0, 0.1) is 11.3 Å². The number of rotatable bonds is 9. The minimum atomic E-state index is 0.253. The van der Waals surface area contributed by atoms with E-state index < -0.39 is 0 Å². The van der Waals surface area contributed by atoms with Gasteiger partial charge in [0.15, 0.2) is 11.5 Å². The molecule has 2 aromatic carbocycles. The molecule has 0 bridgehead atoms. The van der Waals surface area contributed by atoms with E-state index in [1.165, 1.54) is 36.8 Å². The Hall–Kier alpha value is -2.00. The minimum absolute atomic E-state index is 0.253. The molecule has 4 rings (SSSR count). The van der Waals surface area contributed by atoms with Gasteiger partial charge in [-0.25, -0.2) is 0 Å². The highest BCUT2D eigenvalue weighted by molar-refractivity contribution is 5.45. The van der Waals surface area contributed by atoms with Gasteiger partial charge in [0.25, 0.3) is 0 Å². The van der Waals surface area contributed by atoms with Crippen molar-refractivity contribution >= 4 is 0 Å². The fourth-order valence-corrected chi connectivity index (χ4v) is 5.97. The molecule has 1 aliphatic heterocycles. The summed E-state index contributed by atoms with van der Waals surface area (Å²) in [5.74, 6) is 3.02. The van der Waals surface area contributed by atoms with E-state index in [4.69, 9.17) is 9.47 Å². The summed E-state index contributed by atoms with van der Waals surface area (Å²) in [4.78, 5) is 2.66. The molecule has 3 nitrogen and oxygen atoms in total.